The topological polar surface area (TPSA) is 419 Å². The van der Waals surface area contributed by atoms with Crippen molar-refractivity contribution in [1.29, 1.82) is 0 Å². The third-order valence-electron chi connectivity index (χ3n) is 14.6. The van der Waals surface area contributed by atoms with Gasteiger partial charge in [0.2, 0.25) is 41.1 Å². The number of nitrogens with zero attached hydrogens (tertiary/aromatic N) is 1. The molecule has 4 saturated heterocycles. The Bertz CT molecular complexity index is 2810. The molecule has 3 bridgehead atoms. The number of nitrogens with two attached hydrogens (primary N) is 1. The number of Topliss-reactive ketones (excluding diaryl/α,β-unsaturated/α-hetero) is 5. The number of carbonyl (C=O) groups excluding carboxylic acids is 10. The van der Waals surface area contributed by atoms with E-state index in [1.54, 1.807) is 0 Å². The highest BCUT2D eigenvalue weighted by Crippen LogP contribution is 2.33. The van der Waals surface area contributed by atoms with Crippen LogP contribution in [0, 0.1) is 5.92 Å². The van der Waals surface area contributed by atoms with E-state index in [2.05, 4.69) is 37.2 Å². The molecule has 4 aliphatic rings. The molecule has 2 aromatic rings. The Morgan fingerprint density at radius 1 is 0.721 bits per heavy atom. The van der Waals surface area contributed by atoms with Gasteiger partial charge >= 0.3 is 11.9 Å². The Balaban J connectivity index is 1.58. The quantitative estimate of drug-likeness (QED) is 0.0857. The van der Waals surface area contributed by atoms with E-state index in [4.69, 9.17) is 5.73 Å². The van der Waals surface area contributed by atoms with Gasteiger partial charge in [0.25, 0.3) is 0 Å². The molecular formula is C54H71N9O17S6. The molecule has 86 heavy (non-hydrogen) atoms. The Hall–Kier alpha value is -5.42. The van der Waals surface area contributed by atoms with Gasteiger partial charge in [-0.05, 0) is 81.3 Å². The normalized spacial score (nSPS) is 28.7. The van der Waals surface area contributed by atoms with Crippen molar-refractivity contribution in [3.8, 4) is 11.5 Å². The van der Waals surface area contributed by atoms with Gasteiger partial charge in [0.1, 0.15) is 29.6 Å². The largest absolute Gasteiger partial charge is 0.508 e. The minimum absolute atomic E-state index is 0.00405. The number of fused-ring (bicyclic) bond motifs is 12. The van der Waals surface area contributed by atoms with Crippen LogP contribution in [0.2, 0.25) is 0 Å². The second kappa shape index (κ2) is 33.8. The van der Waals surface area contributed by atoms with Gasteiger partial charge < -0.3 is 57.4 Å². The molecular weight excluding hydrogens is 1240 g/mol. The maximum Gasteiger partial charge on any atom is 0.321 e. The van der Waals surface area contributed by atoms with Crippen LogP contribution in [0.25, 0.3) is 0 Å². The van der Waals surface area contributed by atoms with Crippen molar-refractivity contribution in [2.24, 2.45) is 11.7 Å². The summed E-state index contributed by atoms with van der Waals surface area (Å²) in [4.78, 5) is 171. The van der Waals surface area contributed by atoms with Crippen LogP contribution in [-0.2, 0) is 70.4 Å². The Labute approximate surface area is 519 Å². The van der Waals surface area contributed by atoms with Crippen molar-refractivity contribution in [2.75, 3.05) is 47.6 Å². The standard InChI is InChI=1S/C54H71N9O17S6/c1-26-47(72)39-23-84-85-24-40-49(74)43(68)25-86-82-21-37(59-35(18-44(55)69)53(78)63-15-3-4-41(63)51(76)57-26)32(48(73)34(16-28-5-9-30(65)10-6-28)62-50(75)33(58-40)13-14-45(70)71)20-81-83-22-38(42(67)19-56-52(77)46(61-39)27(2)64)60-36(54(79)80)17-29-7-11-31(66)12-8-29/h5-12,26-27,32-41,46,58-61,64-66H,3-4,13-25H2,1-2H3,(H2,55,69)(H,56,77)(H,57,76)(H,62,75)(H,70,71)(H,79,80)/t26-,27+,32?,33-,34-,35-,36-,37?,38?,39?,40?,41-,46-/m0/s1. The minimum atomic E-state index is -1.64. The van der Waals surface area contributed by atoms with E-state index < -0.39 is 180 Å². The number of phenols is 2. The zero-order valence-electron chi connectivity index (χ0n) is 46.8. The molecule has 5 unspecified atom stereocenters. The number of nitrogens with one attached hydrogen (secondary N) is 7. The predicted molar refractivity (Wildman–Crippen MR) is 327 cm³/mol. The minimum Gasteiger partial charge on any atom is -0.508 e. The predicted octanol–water partition coefficient (Wildman–Crippen LogP) is -0.861. The molecule has 4 fully saturated rings. The molecule has 0 aliphatic carbocycles. The van der Waals surface area contributed by atoms with E-state index in [0.717, 1.165) is 64.8 Å². The number of aliphatic hydroxyl groups is 1. The van der Waals surface area contributed by atoms with Crippen LogP contribution in [0.5, 0.6) is 11.5 Å². The summed E-state index contributed by atoms with van der Waals surface area (Å²) in [7, 11) is 5.85. The summed E-state index contributed by atoms with van der Waals surface area (Å²) in [6, 6.07) is -4.40. The molecule has 470 valence electrons. The van der Waals surface area contributed by atoms with Crippen LogP contribution < -0.4 is 43.0 Å². The summed E-state index contributed by atoms with van der Waals surface area (Å²) in [6.45, 7) is 1.86. The van der Waals surface area contributed by atoms with Crippen molar-refractivity contribution in [3.05, 3.63) is 59.7 Å². The number of primary amides is 1. The first kappa shape index (κ1) is 69.7. The Kier molecular flexibility index (Phi) is 27.4. The first-order chi connectivity index (χ1) is 40.9. The summed E-state index contributed by atoms with van der Waals surface area (Å²) < 4.78 is 0. The first-order valence-corrected chi connectivity index (χ1v) is 35.0. The highest BCUT2D eigenvalue weighted by atomic mass is 33.1. The first-order valence-electron chi connectivity index (χ1n) is 27.5. The molecule has 0 spiro atoms. The van der Waals surface area contributed by atoms with Crippen molar-refractivity contribution in [2.45, 2.75) is 131 Å². The number of ketones is 5. The van der Waals surface area contributed by atoms with E-state index in [1.807, 2.05) is 0 Å². The average molecular weight is 1310 g/mol. The fourth-order valence-electron chi connectivity index (χ4n) is 9.95. The van der Waals surface area contributed by atoms with Gasteiger partial charge in [0.05, 0.1) is 67.1 Å². The number of aliphatic hydroxyl groups excluding tert-OH is 1. The molecule has 14 N–H and O–H groups in total. The number of rotatable bonds is 13. The van der Waals surface area contributed by atoms with Gasteiger partial charge in [-0.25, -0.2) is 0 Å². The van der Waals surface area contributed by atoms with Crippen LogP contribution in [0.3, 0.4) is 0 Å². The number of carboxylic acid groups (broad SMARTS) is 2. The van der Waals surface area contributed by atoms with Crippen molar-refractivity contribution >= 4 is 135 Å². The number of amides is 5. The lowest BCUT2D eigenvalue weighted by molar-refractivity contribution is -0.142. The molecule has 0 saturated carbocycles. The van der Waals surface area contributed by atoms with Gasteiger partial charge in [0, 0.05) is 53.7 Å². The van der Waals surface area contributed by atoms with Crippen molar-refractivity contribution in [3.63, 3.8) is 0 Å². The molecule has 32 heteroatoms. The Morgan fingerprint density at radius 3 is 1.99 bits per heavy atom. The van der Waals surface area contributed by atoms with Gasteiger partial charge in [-0.2, -0.15) is 0 Å². The molecule has 2 aromatic carbocycles. The van der Waals surface area contributed by atoms with Gasteiger partial charge in [0.15, 0.2) is 17.3 Å². The van der Waals surface area contributed by atoms with E-state index >= 15 is 9.59 Å². The molecule has 4 aliphatic heterocycles. The molecule has 13 atom stereocenters. The second-order valence-electron chi connectivity index (χ2n) is 21.0. The lowest BCUT2D eigenvalue weighted by atomic mass is 9.89. The SMILES string of the molecule is C[C@@H]1NC(=O)[C@@H]2CCCN2C(=O)[C@H](CC(N)=O)NC2CSSCC(=O)C(=O)C3CSSCC(N[C@@H]([C@@H](C)O)C(=O)NCC(=O)C(N[C@@H](Cc4ccc(O)cc4)C(=O)O)CSSCC2C(=O)[C@H](Cc2ccc(O)cc2)NC(=O)[C@H](CCC(=O)O)N3)C1=O. The van der Waals surface area contributed by atoms with Crippen LogP contribution in [-0.4, -0.2) is 221 Å². The van der Waals surface area contributed by atoms with Crippen molar-refractivity contribution < 1.29 is 83.1 Å². The molecule has 6 rings (SSSR count). The molecule has 0 radical (unpaired) electrons. The summed E-state index contributed by atoms with van der Waals surface area (Å²) >= 11 is 0. The van der Waals surface area contributed by atoms with Gasteiger partial charge in [-0.3, -0.25) is 73.5 Å². The number of aliphatic carboxylic acids is 2. The highest BCUT2D eigenvalue weighted by molar-refractivity contribution is 8.77. The van der Waals surface area contributed by atoms with E-state index in [0.29, 0.717) is 17.5 Å². The molecule has 4 heterocycles. The summed E-state index contributed by atoms with van der Waals surface area (Å²) in [6.07, 6.45) is -3.36. The van der Waals surface area contributed by atoms with Crippen molar-refractivity contribution in [1.82, 2.24) is 42.1 Å². The maximum atomic E-state index is 15.9. The second-order valence-corrected chi connectivity index (χ2v) is 28.7. The fourth-order valence-corrected chi connectivity index (χ4v) is 17.1. The number of aromatic hydroxyl groups is 2. The van der Waals surface area contributed by atoms with Gasteiger partial charge in [-0.15, -0.1) is 0 Å². The smallest absolute Gasteiger partial charge is 0.321 e. The zero-order valence-corrected chi connectivity index (χ0v) is 51.7. The molecule has 26 nitrogen and oxygen atoms in total. The summed E-state index contributed by atoms with van der Waals surface area (Å²) in [5.74, 6) is -14.4. The molecule has 0 aromatic heterocycles. The zero-order chi connectivity index (χ0) is 62.8. The van der Waals surface area contributed by atoms with E-state index in [-0.39, 0.29) is 66.1 Å². The number of carboxylic acids is 2. The number of carbonyl (C=O) groups is 12. The third kappa shape index (κ3) is 20.6. The maximum absolute atomic E-state index is 15.9. The van der Waals surface area contributed by atoms with Crippen LogP contribution >= 0.6 is 64.8 Å². The lowest BCUT2D eigenvalue weighted by Crippen LogP contribution is -2.61. The highest BCUT2D eigenvalue weighted by Gasteiger charge is 2.44. The van der Waals surface area contributed by atoms with E-state index in [1.165, 1.54) is 67.3 Å². The average Bonchev–Trinajstić information content (AvgIpc) is 3.97. The third-order valence-corrected chi connectivity index (χ3v) is 21.8. The number of phenolic OH excluding ortho intramolecular Hbond substituents is 2. The van der Waals surface area contributed by atoms with Crippen LogP contribution in [0.1, 0.15) is 57.1 Å². The fraction of sp³-hybridized carbons (Fsp3) is 0.556. The monoisotopic (exact) mass is 1310 g/mol. The van der Waals surface area contributed by atoms with Crippen LogP contribution in [0.15, 0.2) is 48.5 Å². The van der Waals surface area contributed by atoms with E-state index in [9.17, 15) is 73.5 Å². The number of hydrogen-bond acceptors (Lipinski definition) is 25. The molecule has 5 amide bonds. The van der Waals surface area contributed by atoms with Gasteiger partial charge in [-0.1, -0.05) is 89.0 Å². The summed E-state index contributed by atoms with van der Waals surface area (Å²) in [5, 5.41) is 71.5. The number of hydrogen-bond donors (Lipinski definition) is 13. The Morgan fingerprint density at radius 2 is 1.35 bits per heavy atom. The summed E-state index contributed by atoms with van der Waals surface area (Å²) in [5.41, 5.74) is 6.72. The lowest BCUT2D eigenvalue weighted by Gasteiger charge is -2.35. The number of benzene rings is 2. The van der Waals surface area contributed by atoms with Crippen LogP contribution in [0.4, 0.5) is 0 Å².